The Morgan fingerprint density at radius 2 is 1.75 bits per heavy atom. The van der Waals surface area contributed by atoms with Crippen LogP contribution in [0.3, 0.4) is 0 Å². The second-order valence-electron chi connectivity index (χ2n) is 4.05. The van der Waals surface area contributed by atoms with Gasteiger partial charge in [-0.1, -0.05) is 6.42 Å². The molecule has 0 radical (unpaired) electrons. The molecule has 1 aliphatic heterocycles. The molecule has 1 aliphatic carbocycles. The van der Waals surface area contributed by atoms with Gasteiger partial charge in [0.15, 0.2) is 0 Å². The number of halogens is 1. The zero-order valence-electron chi connectivity index (χ0n) is 9.17. The summed E-state index contributed by atoms with van der Waals surface area (Å²) in [4.78, 5) is 0. The number of hydrogen-bond donors (Lipinski definition) is 0. The summed E-state index contributed by atoms with van der Waals surface area (Å²) in [6.45, 7) is 0. The van der Waals surface area contributed by atoms with E-state index in [2.05, 4.69) is 6.07 Å². The number of rotatable bonds is 0. The van der Waals surface area contributed by atoms with Crippen LogP contribution in [-0.2, 0) is 0 Å². The van der Waals surface area contributed by atoms with Gasteiger partial charge in [-0.15, -0.1) is 12.1 Å². The number of hydrogen-bond acceptors (Lipinski definition) is 2. The van der Waals surface area contributed by atoms with Crippen molar-refractivity contribution in [3.8, 4) is 11.5 Å². The van der Waals surface area contributed by atoms with Crippen molar-refractivity contribution in [3.05, 3.63) is 24.3 Å². The Kier molecular flexibility index (Phi) is 4.95. The molecule has 82 valence electrons. The van der Waals surface area contributed by atoms with Crippen molar-refractivity contribution < 1.29 is 26.5 Å². The number of fused-ring (bicyclic) bond motifs is 1. The molecule has 0 N–H and O–H groups in total. The fourth-order valence-corrected chi connectivity index (χ4v) is 2.28. The summed E-state index contributed by atoms with van der Waals surface area (Å²) in [5.74, 6) is 1.40. The summed E-state index contributed by atoms with van der Waals surface area (Å²) in [5.41, 5.74) is 0. The van der Waals surface area contributed by atoms with Gasteiger partial charge in [-0.25, -0.2) is 0 Å². The van der Waals surface area contributed by atoms with E-state index in [1.807, 2.05) is 18.2 Å². The molecule has 0 bridgehead atoms. The van der Waals surface area contributed by atoms with Gasteiger partial charge < -0.3 is 26.5 Å². The minimum atomic E-state index is -0.338. The van der Waals surface area contributed by atoms with E-state index >= 15 is 0 Å². The van der Waals surface area contributed by atoms with Crippen molar-refractivity contribution in [3.63, 3.8) is 0 Å². The van der Waals surface area contributed by atoms with E-state index in [0.29, 0.717) is 0 Å². The van der Waals surface area contributed by atoms with E-state index in [1.54, 1.807) is 0 Å². The molecule has 1 aromatic rings. The predicted molar refractivity (Wildman–Crippen MR) is 58.1 cm³/mol. The Bertz CT molecular complexity index is 324. The minimum Gasteiger partial charge on any atom is -1.00 e. The van der Waals surface area contributed by atoms with Crippen LogP contribution in [0, 0.1) is 6.07 Å². The molecule has 16 heavy (non-hydrogen) atoms. The summed E-state index contributed by atoms with van der Waals surface area (Å²) < 4.78 is 11.8. The van der Waals surface area contributed by atoms with Crippen molar-refractivity contribution in [2.75, 3.05) is 0 Å². The van der Waals surface area contributed by atoms with Crippen molar-refractivity contribution in [2.45, 2.75) is 37.9 Å². The Labute approximate surface area is 123 Å². The van der Waals surface area contributed by atoms with Crippen LogP contribution < -0.4 is 26.5 Å². The maximum absolute atomic E-state index is 5.89. The zero-order valence-corrected chi connectivity index (χ0v) is 12.2. The van der Waals surface area contributed by atoms with Crippen LogP contribution in [-0.4, -0.2) is 28.8 Å². The molecule has 0 aromatic heterocycles. The van der Waals surface area contributed by atoms with Gasteiger partial charge in [0, 0.05) is 12.8 Å². The summed E-state index contributed by atoms with van der Waals surface area (Å²) in [6, 6.07) is 8.66. The van der Waals surface area contributed by atoms with Gasteiger partial charge in [0.05, 0.1) is 11.5 Å². The van der Waals surface area contributed by atoms with E-state index in [-0.39, 0.29) is 45.8 Å². The Morgan fingerprint density at radius 3 is 2.44 bits per heavy atom. The number of ether oxygens (including phenoxy) is 2. The van der Waals surface area contributed by atoms with Gasteiger partial charge in [-0.2, -0.15) is 12.1 Å². The molecule has 2 nitrogen and oxygen atoms in total. The standard InChI is InChI=1S/C12H13O2.BrH.Mg/c1-4-8-12(9-5-1)13-10-6-2-3-7-11(10)14-12;;/h2,6-7H,1,4-5,8-9H2;1H;/q-1;;+2/p-1. The maximum atomic E-state index is 5.89. The third-order valence-corrected chi connectivity index (χ3v) is 3.00. The second kappa shape index (κ2) is 5.60. The van der Waals surface area contributed by atoms with Crippen LogP contribution >= 0.6 is 0 Å². The van der Waals surface area contributed by atoms with Gasteiger partial charge in [-0.05, 0) is 12.8 Å². The average Bonchev–Trinajstić information content (AvgIpc) is 2.56. The Morgan fingerprint density at radius 1 is 1.06 bits per heavy atom. The van der Waals surface area contributed by atoms with Crippen LogP contribution in [0.2, 0.25) is 0 Å². The quantitative estimate of drug-likeness (QED) is 0.476. The Hall–Kier alpha value is 0.0662. The molecule has 0 atom stereocenters. The van der Waals surface area contributed by atoms with Crippen LogP contribution in [0.4, 0.5) is 0 Å². The van der Waals surface area contributed by atoms with E-state index in [1.165, 1.54) is 19.3 Å². The minimum absolute atomic E-state index is 0. The SMILES string of the molecule is [Br-].[Mg+2].[c-]1ccc2c(c1)OC1(CCCCC1)O2. The molecule has 1 fully saturated rings. The van der Waals surface area contributed by atoms with E-state index in [9.17, 15) is 0 Å². The van der Waals surface area contributed by atoms with Crippen molar-refractivity contribution in [1.82, 2.24) is 0 Å². The molecule has 0 amide bonds. The van der Waals surface area contributed by atoms with E-state index in [0.717, 1.165) is 24.3 Å². The molecule has 1 spiro atoms. The zero-order chi connectivity index (χ0) is 9.43. The first-order chi connectivity index (χ1) is 6.88. The first-order valence-electron chi connectivity index (χ1n) is 5.26. The van der Waals surface area contributed by atoms with Gasteiger partial charge >= 0.3 is 23.1 Å². The summed E-state index contributed by atoms with van der Waals surface area (Å²) in [7, 11) is 0. The Balaban J connectivity index is 0.000000640. The molecule has 1 aromatic carbocycles. The summed E-state index contributed by atoms with van der Waals surface area (Å²) in [5, 5.41) is 0. The summed E-state index contributed by atoms with van der Waals surface area (Å²) in [6.07, 6.45) is 5.75. The van der Waals surface area contributed by atoms with Gasteiger partial charge in [-0.3, -0.25) is 0 Å². The molecule has 4 heteroatoms. The predicted octanol–water partition coefficient (Wildman–Crippen LogP) is -0.458. The summed E-state index contributed by atoms with van der Waals surface area (Å²) >= 11 is 0. The topological polar surface area (TPSA) is 18.5 Å². The molecule has 3 rings (SSSR count). The fraction of sp³-hybridized carbons (Fsp3) is 0.500. The molecular formula is C12H13BrMgO2. The monoisotopic (exact) mass is 292 g/mol. The molecular weight excluding hydrogens is 280 g/mol. The van der Waals surface area contributed by atoms with Crippen molar-refractivity contribution >= 4 is 23.1 Å². The molecule has 0 unspecified atom stereocenters. The first-order valence-corrected chi connectivity index (χ1v) is 5.26. The first kappa shape index (κ1) is 14.1. The van der Waals surface area contributed by atoms with Crippen LogP contribution in [0.15, 0.2) is 18.2 Å². The maximum Gasteiger partial charge on any atom is 2.00 e. The molecule has 0 saturated heterocycles. The molecule has 1 heterocycles. The number of benzene rings is 1. The van der Waals surface area contributed by atoms with Gasteiger partial charge in [0.2, 0.25) is 5.79 Å². The fourth-order valence-electron chi connectivity index (χ4n) is 2.28. The van der Waals surface area contributed by atoms with Crippen LogP contribution in [0.1, 0.15) is 32.1 Å². The molecule has 1 saturated carbocycles. The van der Waals surface area contributed by atoms with Crippen LogP contribution in [0.25, 0.3) is 0 Å². The van der Waals surface area contributed by atoms with Crippen LogP contribution in [0.5, 0.6) is 11.5 Å². The third kappa shape index (κ3) is 2.49. The van der Waals surface area contributed by atoms with Gasteiger partial charge in [0.25, 0.3) is 0 Å². The second-order valence-corrected chi connectivity index (χ2v) is 4.05. The smallest absolute Gasteiger partial charge is 1.00 e. The third-order valence-electron chi connectivity index (χ3n) is 3.00. The van der Waals surface area contributed by atoms with E-state index in [4.69, 9.17) is 9.47 Å². The average molecular weight is 293 g/mol. The van der Waals surface area contributed by atoms with Gasteiger partial charge in [0.1, 0.15) is 0 Å². The van der Waals surface area contributed by atoms with E-state index < -0.39 is 0 Å². The van der Waals surface area contributed by atoms with Crippen molar-refractivity contribution in [1.29, 1.82) is 0 Å². The largest absolute Gasteiger partial charge is 2.00 e. The normalized spacial score (nSPS) is 19.8. The van der Waals surface area contributed by atoms with Crippen molar-refractivity contribution in [2.24, 2.45) is 0 Å². The molecule has 2 aliphatic rings.